The molecule has 0 aromatic heterocycles. The number of carbonyl (C=O) groups excluding carboxylic acids is 1. The molecular formula is C17H18Cl2N2O3S. The summed E-state index contributed by atoms with van der Waals surface area (Å²) in [4.78, 5) is 12.6. The molecule has 134 valence electrons. The highest BCUT2D eigenvalue weighted by molar-refractivity contribution is 7.92. The summed E-state index contributed by atoms with van der Waals surface area (Å²) in [6.07, 6.45) is 1.07. The first-order valence-electron chi connectivity index (χ1n) is 7.41. The Labute approximate surface area is 157 Å². The van der Waals surface area contributed by atoms with E-state index in [9.17, 15) is 13.2 Å². The molecule has 0 aliphatic heterocycles. The molecule has 1 atom stereocenters. The van der Waals surface area contributed by atoms with E-state index in [0.29, 0.717) is 21.4 Å². The molecule has 2 rings (SSSR count). The van der Waals surface area contributed by atoms with Crippen LogP contribution in [0, 0.1) is 6.92 Å². The number of sulfonamides is 1. The van der Waals surface area contributed by atoms with E-state index in [1.165, 1.54) is 13.0 Å². The number of anilines is 2. The summed E-state index contributed by atoms with van der Waals surface area (Å²) >= 11 is 11.8. The molecule has 2 aromatic rings. The Hall–Kier alpha value is -1.76. The highest BCUT2D eigenvalue weighted by Crippen LogP contribution is 2.26. The molecule has 25 heavy (non-hydrogen) atoms. The van der Waals surface area contributed by atoms with Crippen LogP contribution in [-0.2, 0) is 14.8 Å². The molecule has 2 aromatic carbocycles. The van der Waals surface area contributed by atoms with E-state index in [-0.39, 0.29) is 0 Å². The zero-order chi connectivity index (χ0) is 18.8. The van der Waals surface area contributed by atoms with Crippen LogP contribution in [0.5, 0.6) is 0 Å². The Morgan fingerprint density at radius 3 is 2.36 bits per heavy atom. The summed E-state index contributed by atoms with van der Waals surface area (Å²) in [5, 5.41) is 3.32. The normalized spacial score (nSPS) is 12.5. The summed E-state index contributed by atoms with van der Waals surface area (Å²) in [6.45, 7) is 3.38. The van der Waals surface area contributed by atoms with Crippen molar-refractivity contribution in [1.29, 1.82) is 0 Å². The zero-order valence-corrected chi connectivity index (χ0v) is 16.3. The largest absolute Gasteiger partial charge is 0.324 e. The number of rotatable bonds is 5. The second kappa shape index (κ2) is 7.64. The average molecular weight is 401 g/mol. The highest BCUT2D eigenvalue weighted by atomic mass is 35.5. The van der Waals surface area contributed by atoms with Gasteiger partial charge in [-0.05, 0) is 49.7 Å². The topological polar surface area (TPSA) is 66.5 Å². The third-order valence-electron chi connectivity index (χ3n) is 3.53. The summed E-state index contributed by atoms with van der Waals surface area (Å²) < 4.78 is 25.6. The van der Waals surface area contributed by atoms with Crippen LogP contribution >= 0.6 is 23.2 Å². The molecule has 0 saturated heterocycles. The number of hydrogen-bond donors (Lipinski definition) is 1. The van der Waals surface area contributed by atoms with Gasteiger partial charge in [0.2, 0.25) is 15.9 Å². The molecule has 1 amide bonds. The SMILES string of the molecule is Cc1cccc(N(C(C)C(=O)Nc2ccc(Cl)c(Cl)c2)S(C)(=O)=O)c1. The van der Waals surface area contributed by atoms with Gasteiger partial charge in [0.1, 0.15) is 6.04 Å². The molecule has 0 aliphatic rings. The van der Waals surface area contributed by atoms with Gasteiger partial charge in [-0.2, -0.15) is 0 Å². The van der Waals surface area contributed by atoms with E-state index < -0.39 is 22.0 Å². The monoisotopic (exact) mass is 400 g/mol. The maximum Gasteiger partial charge on any atom is 0.247 e. The first-order valence-corrected chi connectivity index (χ1v) is 10.0. The average Bonchev–Trinajstić information content (AvgIpc) is 2.49. The maximum absolute atomic E-state index is 12.6. The van der Waals surface area contributed by atoms with Crippen molar-refractivity contribution >= 4 is 50.5 Å². The Bertz CT molecular complexity index is 901. The van der Waals surface area contributed by atoms with Crippen molar-refractivity contribution in [3.05, 3.63) is 58.1 Å². The fourth-order valence-electron chi connectivity index (χ4n) is 2.39. The Kier molecular flexibility index (Phi) is 5.98. The van der Waals surface area contributed by atoms with Crippen molar-refractivity contribution in [1.82, 2.24) is 0 Å². The van der Waals surface area contributed by atoms with E-state index in [1.807, 2.05) is 13.0 Å². The van der Waals surface area contributed by atoms with Crippen LogP contribution in [0.3, 0.4) is 0 Å². The number of amides is 1. The van der Waals surface area contributed by atoms with Crippen molar-refractivity contribution < 1.29 is 13.2 Å². The Morgan fingerprint density at radius 1 is 1.12 bits per heavy atom. The lowest BCUT2D eigenvalue weighted by Gasteiger charge is -2.28. The standard InChI is InChI=1S/C17H18Cl2N2O3S/c1-11-5-4-6-14(9-11)21(25(3,23)24)12(2)17(22)20-13-7-8-15(18)16(19)10-13/h4-10,12H,1-3H3,(H,20,22). The number of benzene rings is 2. The minimum atomic E-state index is -3.66. The summed E-state index contributed by atoms with van der Waals surface area (Å²) in [5.41, 5.74) is 1.76. The highest BCUT2D eigenvalue weighted by Gasteiger charge is 2.29. The Balaban J connectivity index is 2.31. The predicted molar refractivity (Wildman–Crippen MR) is 103 cm³/mol. The van der Waals surface area contributed by atoms with Crippen molar-refractivity contribution in [2.45, 2.75) is 19.9 Å². The van der Waals surface area contributed by atoms with Crippen LogP contribution in [0.4, 0.5) is 11.4 Å². The van der Waals surface area contributed by atoms with E-state index in [0.717, 1.165) is 16.1 Å². The molecule has 0 heterocycles. The molecule has 0 bridgehead atoms. The zero-order valence-electron chi connectivity index (χ0n) is 14.0. The van der Waals surface area contributed by atoms with E-state index in [1.54, 1.807) is 30.3 Å². The van der Waals surface area contributed by atoms with Gasteiger partial charge in [0, 0.05) is 5.69 Å². The molecular weight excluding hydrogens is 383 g/mol. The van der Waals surface area contributed by atoms with E-state index in [2.05, 4.69) is 5.32 Å². The van der Waals surface area contributed by atoms with Crippen LogP contribution in [0.1, 0.15) is 12.5 Å². The summed E-state index contributed by atoms with van der Waals surface area (Å²) in [5.74, 6) is -0.481. The van der Waals surface area contributed by atoms with Crippen LogP contribution in [0.2, 0.25) is 10.0 Å². The minimum absolute atomic E-state index is 0.297. The lowest BCUT2D eigenvalue weighted by atomic mass is 10.2. The lowest BCUT2D eigenvalue weighted by Crippen LogP contribution is -2.45. The first kappa shape index (κ1) is 19.6. The van der Waals surface area contributed by atoms with Gasteiger partial charge in [0.05, 0.1) is 22.0 Å². The second-order valence-corrected chi connectivity index (χ2v) is 8.37. The third-order valence-corrected chi connectivity index (χ3v) is 5.51. The molecule has 0 saturated carbocycles. The van der Waals surface area contributed by atoms with Gasteiger partial charge in [-0.25, -0.2) is 8.42 Å². The quantitative estimate of drug-likeness (QED) is 0.821. The molecule has 0 fully saturated rings. The molecule has 0 aliphatic carbocycles. The predicted octanol–water partition coefficient (Wildman–Crippen LogP) is 4.10. The van der Waals surface area contributed by atoms with Gasteiger partial charge in [-0.15, -0.1) is 0 Å². The van der Waals surface area contributed by atoms with Gasteiger partial charge in [0.25, 0.3) is 0 Å². The van der Waals surface area contributed by atoms with Crippen LogP contribution in [0.15, 0.2) is 42.5 Å². The fraction of sp³-hybridized carbons (Fsp3) is 0.235. The number of nitrogens with one attached hydrogen (secondary N) is 1. The number of carbonyl (C=O) groups is 1. The van der Waals surface area contributed by atoms with Crippen molar-refractivity contribution in [3.8, 4) is 0 Å². The van der Waals surface area contributed by atoms with Crippen LogP contribution < -0.4 is 9.62 Å². The maximum atomic E-state index is 12.6. The number of halogens is 2. The molecule has 5 nitrogen and oxygen atoms in total. The van der Waals surface area contributed by atoms with Crippen molar-refractivity contribution in [2.75, 3.05) is 15.9 Å². The fourth-order valence-corrected chi connectivity index (χ4v) is 3.86. The molecule has 1 unspecified atom stereocenters. The van der Waals surface area contributed by atoms with Gasteiger partial charge in [-0.1, -0.05) is 35.3 Å². The van der Waals surface area contributed by atoms with Crippen LogP contribution in [0.25, 0.3) is 0 Å². The molecule has 0 spiro atoms. The van der Waals surface area contributed by atoms with Gasteiger partial charge in [-0.3, -0.25) is 9.10 Å². The van der Waals surface area contributed by atoms with Gasteiger partial charge in [0.15, 0.2) is 0 Å². The van der Waals surface area contributed by atoms with Crippen molar-refractivity contribution in [2.24, 2.45) is 0 Å². The molecule has 8 heteroatoms. The van der Waals surface area contributed by atoms with E-state index in [4.69, 9.17) is 23.2 Å². The minimum Gasteiger partial charge on any atom is -0.324 e. The number of aryl methyl sites for hydroxylation is 1. The van der Waals surface area contributed by atoms with Gasteiger partial charge < -0.3 is 5.32 Å². The third kappa shape index (κ3) is 4.87. The number of hydrogen-bond acceptors (Lipinski definition) is 3. The summed E-state index contributed by atoms with van der Waals surface area (Å²) in [7, 11) is -3.66. The second-order valence-electron chi connectivity index (χ2n) is 5.69. The Morgan fingerprint density at radius 2 is 1.80 bits per heavy atom. The first-order chi connectivity index (χ1) is 11.6. The van der Waals surface area contributed by atoms with Gasteiger partial charge >= 0.3 is 0 Å². The lowest BCUT2D eigenvalue weighted by molar-refractivity contribution is -0.116. The molecule has 0 radical (unpaired) electrons. The molecule has 1 N–H and O–H groups in total. The number of nitrogens with zero attached hydrogens (tertiary/aromatic N) is 1. The summed E-state index contributed by atoms with van der Waals surface area (Å²) in [6, 6.07) is 10.7. The van der Waals surface area contributed by atoms with E-state index >= 15 is 0 Å². The van der Waals surface area contributed by atoms with Crippen molar-refractivity contribution in [3.63, 3.8) is 0 Å². The smallest absolute Gasteiger partial charge is 0.247 e. The van der Waals surface area contributed by atoms with Crippen LogP contribution in [-0.4, -0.2) is 26.6 Å².